The summed E-state index contributed by atoms with van der Waals surface area (Å²) in [4.78, 5) is 1.34. The van der Waals surface area contributed by atoms with Crippen molar-refractivity contribution in [2.45, 2.75) is 31.6 Å². The number of benzene rings is 1. The van der Waals surface area contributed by atoms with E-state index in [0.29, 0.717) is 5.92 Å². The first-order valence-corrected chi connectivity index (χ1v) is 6.17. The van der Waals surface area contributed by atoms with Crippen LogP contribution < -0.4 is 5.73 Å². The fraction of sp³-hybridized carbons (Fsp3) is 0.500. The Kier molecular flexibility index (Phi) is 4.02. The van der Waals surface area contributed by atoms with Gasteiger partial charge in [0.2, 0.25) is 0 Å². The quantitative estimate of drug-likeness (QED) is 0.774. The Hall–Kier alpha value is -0.470. The Morgan fingerprint density at radius 1 is 1.36 bits per heavy atom. The fourth-order valence-corrected chi connectivity index (χ4v) is 2.15. The third-order valence-electron chi connectivity index (χ3n) is 2.80. The van der Waals surface area contributed by atoms with E-state index >= 15 is 0 Å². The topological polar surface area (TPSA) is 26.0 Å². The molecule has 1 aromatic carbocycles. The zero-order valence-electron chi connectivity index (χ0n) is 9.42. The lowest BCUT2D eigenvalue weighted by Gasteiger charge is -2.16. The van der Waals surface area contributed by atoms with E-state index in [1.807, 2.05) is 0 Å². The minimum Gasteiger partial charge on any atom is -0.330 e. The molecule has 0 bridgehead atoms. The maximum atomic E-state index is 5.71. The minimum absolute atomic E-state index is 0.459. The van der Waals surface area contributed by atoms with E-state index in [2.05, 4.69) is 39.2 Å². The molecule has 0 aliphatic rings. The van der Waals surface area contributed by atoms with Crippen LogP contribution in [0.2, 0.25) is 0 Å². The maximum absolute atomic E-state index is 5.71. The van der Waals surface area contributed by atoms with Gasteiger partial charge in [-0.25, -0.2) is 0 Å². The maximum Gasteiger partial charge on any atom is 0.00748 e. The summed E-state index contributed by atoms with van der Waals surface area (Å²) in [5.74, 6) is 0.459. The number of hydrogen-bond donors (Lipinski definition) is 1. The average molecular weight is 209 g/mol. The van der Waals surface area contributed by atoms with Crippen LogP contribution in [0.4, 0.5) is 0 Å². The molecule has 1 aromatic rings. The Labute approximate surface area is 91.1 Å². The monoisotopic (exact) mass is 209 g/mol. The zero-order chi connectivity index (χ0) is 10.7. The van der Waals surface area contributed by atoms with E-state index in [0.717, 1.165) is 6.54 Å². The van der Waals surface area contributed by atoms with Crippen molar-refractivity contribution in [3.8, 4) is 0 Å². The van der Waals surface area contributed by atoms with E-state index < -0.39 is 0 Å². The van der Waals surface area contributed by atoms with Crippen LogP contribution in [0.3, 0.4) is 0 Å². The molecule has 0 aromatic heterocycles. The number of rotatable bonds is 3. The summed E-state index contributed by atoms with van der Waals surface area (Å²) in [7, 11) is 0. The molecule has 0 fully saturated rings. The predicted molar refractivity (Wildman–Crippen MR) is 65.2 cm³/mol. The summed E-state index contributed by atoms with van der Waals surface area (Å²) in [5.41, 5.74) is 9.86. The van der Waals surface area contributed by atoms with Gasteiger partial charge < -0.3 is 5.73 Å². The molecule has 1 nitrogen and oxygen atoms in total. The second-order valence-electron chi connectivity index (χ2n) is 3.80. The Bertz CT molecular complexity index is 320. The number of nitrogens with two attached hydrogens (primary N) is 1. The molecule has 1 atom stereocenters. The molecule has 0 spiro atoms. The molecule has 0 aliphatic carbocycles. The summed E-state index contributed by atoms with van der Waals surface area (Å²) in [6, 6.07) is 4.51. The summed E-state index contributed by atoms with van der Waals surface area (Å²) in [5, 5.41) is 0. The third-order valence-corrected chi connectivity index (χ3v) is 3.51. The van der Waals surface area contributed by atoms with Crippen molar-refractivity contribution in [2.24, 2.45) is 5.73 Å². The van der Waals surface area contributed by atoms with Gasteiger partial charge in [-0.15, -0.1) is 11.8 Å². The highest BCUT2D eigenvalue weighted by Crippen LogP contribution is 2.27. The zero-order valence-corrected chi connectivity index (χ0v) is 10.2. The van der Waals surface area contributed by atoms with E-state index in [9.17, 15) is 0 Å². The molecule has 2 heteroatoms. The summed E-state index contributed by atoms with van der Waals surface area (Å²) in [6.07, 6.45) is 2.11. The molecule has 0 heterocycles. The highest BCUT2D eigenvalue weighted by molar-refractivity contribution is 7.98. The van der Waals surface area contributed by atoms with E-state index in [-0.39, 0.29) is 0 Å². The Morgan fingerprint density at radius 2 is 2.00 bits per heavy atom. The first-order chi connectivity index (χ1) is 6.60. The van der Waals surface area contributed by atoms with Crippen molar-refractivity contribution in [1.29, 1.82) is 0 Å². The standard InChI is InChI=1S/C12H19NS/c1-8-5-11(14-4)6-12(10(8)3)9(2)7-13/h5-6,9H,7,13H2,1-4H3. The number of thioether (sulfide) groups is 1. The highest BCUT2D eigenvalue weighted by atomic mass is 32.2. The largest absolute Gasteiger partial charge is 0.330 e. The molecular weight excluding hydrogens is 190 g/mol. The van der Waals surface area contributed by atoms with Gasteiger partial charge in [-0.05, 0) is 61.4 Å². The molecule has 0 aliphatic heterocycles. The van der Waals surface area contributed by atoms with Crippen molar-refractivity contribution < 1.29 is 0 Å². The van der Waals surface area contributed by atoms with Crippen LogP contribution in [0.15, 0.2) is 17.0 Å². The predicted octanol–water partition coefficient (Wildman–Crippen LogP) is 3.09. The Morgan fingerprint density at radius 3 is 2.50 bits per heavy atom. The lowest BCUT2D eigenvalue weighted by molar-refractivity contribution is 0.763. The van der Waals surface area contributed by atoms with Crippen LogP contribution in [0, 0.1) is 13.8 Å². The summed E-state index contributed by atoms with van der Waals surface area (Å²) >= 11 is 1.79. The van der Waals surface area contributed by atoms with Gasteiger partial charge in [0.15, 0.2) is 0 Å². The van der Waals surface area contributed by atoms with E-state index in [1.54, 1.807) is 11.8 Å². The molecule has 1 rings (SSSR count). The van der Waals surface area contributed by atoms with Crippen LogP contribution in [-0.4, -0.2) is 12.8 Å². The van der Waals surface area contributed by atoms with Crippen LogP contribution in [0.1, 0.15) is 29.5 Å². The number of hydrogen-bond acceptors (Lipinski definition) is 2. The highest BCUT2D eigenvalue weighted by Gasteiger charge is 2.09. The van der Waals surface area contributed by atoms with Crippen molar-refractivity contribution >= 4 is 11.8 Å². The van der Waals surface area contributed by atoms with Gasteiger partial charge in [0.1, 0.15) is 0 Å². The molecule has 1 unspecified atom stereocenters. The Balaban J connectivity index is 3.20. The molecule has 14 heavy (non-hydrogen) atoms. The second kappa shape index (κ2) is 4.85. The molecule has 0 radical (unpaired) electrons. The van der Waals surface area contributed by atoms with Crippen LogP contribution >= 0.6 is 11.8 Å². The van der Waals surface area contributed by atoms with Crippen LogP contribution in [0.5, 0.6) is 0 Å². The van der Waals surface area contributed by atoms with Gasteiger partial charge in [-0.2, -0.15) is 0 Å². The minimum atomic E-state index is 0.459. The smallest absolute Gasteiger partial charge is 0.00748 e. The van der Waals surface area contributed by atoms with Crippen molar-refractivity contribution in [1.82, 2.24) is 0 Å². The SMILES string of the molecule is CSc1cc(C)c(C)c(C(C)CN)c1. The van der Waals surface area contributed by atoms with Crippen LogP contribution in [-0.2, 0) is 0 Å². The average Bonchev–Trinajstić information content (AvgIpc) is 2.20. The molecule has 0 saturated carbocycles. The van der Waals surface area contributed by atoms with E-state index in [1.165, 1.54) is 21.6 Å². The van der Waals surface area contributed by atoms with Crippen molar-refractivity contribution in [3.63, 3.8) is 0 Å². The molecular formula is C12H19NS. The summed E-state index contributed by atoms with van der Waals surface area (Å²) < 4.78 is 0. The van der Waals surface area contributed by atoms with E-state index in [4.69, 9.17) is 5.73 Å². The first kappa shape index (κ1) is 11.6. The lowest BCUT2D eigenvalue weighted by atomic mass is 9.94. The van der Waals surface area contributed by atoms with Gasteiger partial charge >= 0.3 is 0 Å². The van der Waals surface area contributed by atoms with Crippen LogP contribution in [0.25, 0.3) is 0 Å². The third kappa shape index (κ3) is 2.31. The van der Waals surface area contributed by atoms with Gasteiger partial charge in [0, 0.05) is 4.90 Å². The summed E-state index contributed by atoms with van der Waals surface area (Å²) in [6.45, 7) is 7.26. The van der Waals surface area contributed by atoms with Crippen molar-refractivity contribution in [2.75, 3.05) is 12.8 Å². The first-order valence-electron chi connectivity index (χ1n) is 4.95. The molecule has 78 valence electrons. The van der Waals surface area contributed by atoms with Crippen molar-refractivity contribution in [3.05, 3.63) is 28.8 Å². The molecule has 2 N–H and O–H groups in total. The van der Waals surface area contributed by atoms with Gasteiger partial charge in [0.25, 0.3) is 0 Å². The lowest BCUT2D eigenvalue weighted by Crippen LogP contribution is -2.10. The van der Waals surface area contributed by atoms with Gasteiger partial charge in [-0.1, -0.05) is 6.92 Å². The number of aryl methyl sites for hydroxylation is 1. The fourth-order valence-electron chi connectivity index (χ4n) is 1.61. The molecule has 0 saturated heterocycles. The van der Waals surface area contributed by atoms with Gasteiger partial charge in [0.05, 0.1) is 0 Å². The normalized spacial score (nSPS) is 12.9. The second-order valence-corrected chi connectivity index (χ2v) is 4.67. The van der Waals surface area contributed by atoms with Gasteiger partial charge in [-0.3, -0.25) is 0 Å². The molecule has 0 amide bonds.